The van der Waals surface area contributed by atoms with Crippen LogP contribution < -0.4 is 0 Å². The lowest BCUT2D eigenvalue weighted by Gasteiger charge is -2.27. The Morgan fingerprint density at radius 2 is 1.75 bits per heavy atom. The molecule has 2 atom stereocenters. The first-order valence-electron chi connectivity index (χ1n) is 3.66. The van der Waals surface area contributed by atoms with Crippen LogP contribution in [0.25, 0.3) is 0 Å². The van der Waals surface area contributed by atoms with Crippen LogP contribution >= 0.6 is 12.6 Å². The maximum atomic E-state index is 12.3. The molecule has 0 heterocycles. The van der Waals surface area contributed by atoms with E-state index in [9.17, 15) is 13.2 Å². The van der Waals surface area contributed by atoms with Crippen molar-refractivity contribution >= 4 is 12.6 Å². The summed E-state index contributed by atoms with van der Waals surface area (Å²) in [5, 5.41) is -0.237. The summed E-state index contributed by atoms with van der Waals surface area (Å²) < 4.78 is 36.8. The van der Waals surface area contributed by atoms with E-state index < -0.39 is 12.2 Å². The summed E-state index contributed by atoms with van der Waals surface area (Å²) in [4.78, 5) is 1.17. The maximum absolute atomic E-state index is 12.3. The molecule has 0 aromatic heterocycles. The Balaban J connectivity index is 4.25. The molecule has 0 rings (SSSR count). The molecule has 74 valence electrons. The first kappa shape index (κ1) is 12.1. The van der Waals surface area contributed by atoms with Gasteiger partial charge in [0.1, 0.15) is 6.04 Å². The van der Waals surface area contributed by atoms with E-state index in [4.69, 9.17) is 0 Å². The highest BCUT2D eigenvalue weighted by atomic mass is 32.1. The second kappa shape index (κ2) is 4.37. The van der Waals surface area contributed by atoms with E-state index in [0.717, 1.165) is 0 Å². The molecule has 0 radical (unpaired) electrons. The first-order valence-corrected chi connectivity index (χ1v) is 4.18. The molecule has 0 saturated carbocycles. The second-order valence-electron chi connectivity index (χ2n) is 3.11. The molecule has 12 heavy (non-hydrogen) atoms. The molecular weight excluding hydrogens is 187 g/mol. The molecule has 0 aliphatic heterocycles. The van der Waals surface area contributed by atoms with Gasteiger partial charge in [0.05, 0.1) is 0 Å². The van der Waals surface area contributed by atoms with Crippen molar-refractivity contribution in [3.63, 3.8) is 0 Å². The fourth-order valence-corrected chi connectivity index (χ4v) is 1.16. The summed E-state index contributed by atoms with van der Waals surface area (Å²) >= 11 is 3.94. The van der Waals surface area contributed by atoms with Gasteiger partial charge in [-0.15, -0.1) is 0 Å². The van der Waals surface area contributed by atoms with Crippen molar-refractivity contribution in [3.8, 4) is 0 Å². The van der Waals surface area contributed by atoms with Gasteiger partial charge in [0, 0.05) is 5.25 Å². The lowest BCUT2D eigenvalue weighted by Crippen LogP contribution is -2.42. The van der Waals surface area contributed by atoms with Crippen molar-refractivity contribution in [2.75, 3.05) is 14.1 Å². The van der Waals surface area contributed by atoms with Gasteiger partial charge in [-0.1, -0.05) is 6.92 Å². The van der Waals surface area contributed by atoms with E-state index in [1.54, 1.807) is 6.92 Å². The Kier molecular flexibility index (Phi) is 4.40. The van der Waals surface area contributed by atoms with Gasteiger partial charge in [-0.25, -0.2) is 0 Å². The average Bonchev–Trinajstić information content (AvgIpc) is 1.79. The topological polar surface area (TPSA) is 3.24 Å². The molecule has 0 aliphatic carbocycles. The van der Waals surface area contributed by atoms with Gasteiger partial charge in [0.15, 0.2) is 0 Å². The molecule has 0 N–H and O–H groups in total. The van der Waals surface area contributed by atoms with Crippen molar-refractivity contribution in [1.29, 1.82) is 0 Å². The van der Waals surface area contributed by atoms with Crippen LogP contribution in [-0.4, -0.2) is 36.5 Å². The van der Waals surface area contributed by atoms with Crippen LogP contribution in [0.2, 0.25) is 0 Å². The molecule has 1 nitrogen and oxygen atoms in total. The van der Waals surface area contributed by atoms with Gasteiger partial charge in [0.2, 0.25) is 0 Å². The quantitative estimate of drug-likeness (QED) is 0.685. The molecular formula is C7H14F3NS. The molecule has 2 unspecified atom stereocenters. The van der Waals surface area contributed by atoms with E-state index >= 15 is 0 Å². The molecule has 0 fully saturated rings. The van der Waals surface area contributed by atoms with Crippen LogP contribution in [0, 0.1) is 0 Å². The zero-order valence-corrected chi connectivity index (χ0v) is 8.28. The van der Waals surface area contributed by atoms with Crippen molar-refractivity contribution in [1.82, 2.24) is 4.90 Å². The van der Waals surface area contributed by atoms with Gasteiger partial charge >= 0.3 is 6.18 Å². The lowest BCUT2D eigenvalue weighted by molar-refractivity contribution is -0.178. The van der Waals surface area contributed by atoms with E-state index in [-0.39, 0.29) is 11.7 Å². The predicted molar refractivity (Wildman–Crippen MR) is 46.6 cm³/mol. The summed E-state index contributed by atoms with van der Waals surface area (Å²) in [6.07, 6.45) is -4.12. The molecule has 0 amide bonds. The molecule has 0 bridgehead atoms. The first-order chi connectivity index (χ1) is 5.25. The Morgan fingerprint density at radius 1 is 1.33 bits per heavy atom. The number of hydrogen-bond donors (Lipinski definition) is 1. The third kappa shape index (κ3) is 4.21. The standard InChI is InChI=1S/C7H14F3NS/c1-5(12)4-6(11(2)3)7(8,9)10/h5-6,12H,4H2,1-3H3. The number of alkyl halides is 3. The minimum absolute atomic E-state index is 0.0274. The fourth-order valence-electron chi connectivity index (χ4n) is 0.960. The van der Waals surface area contributed by atoms with Crippen LogP contribution in [0.3, 0.4) is 0 Å². The SMILES string of the molecule is CC(S)CC(N(C)C)C(F)(F)F. The van der Waals surface area contributed by atoms with Crippen LogP contribution in [0.1, 0.15) is 13.3 Å². The number of nitrogens with zero attached hydrogens (tertiary/aromatic N) is 1. The molecule has 5 heteroatoms. The molecule has 0 aliphatic rings. The van der Waals surface area contributed by atoms with E-state index in [0.29, 0.717) is 0 Å². The average molecular weight is 201 g/mol. The molecule has 0 aromatic rings. The van der Waals surface area contributed by atoms with Gasteiger partial charge < -0.3 is 0 Å². The minimum atomic E-state index is -4.15. The smallest absolute Gasteiger partial charge is 0.298 e. The Bertz CT molecular complexity index is 133. The van der Waals surface area contributed by atoms with Crippen molar-refractivity contribution < 1.29 is 13.2 Å². The van der Waals surface area contributed by atoms with Crippen molar-refractivity contribution in [3.05, 3.63) is 0 Å². The summed E-state index contributed by atoms with van der Waals surface area (Å²) in [6, 6.07) is -1.38. The molecule has 0 saturated heterocycles. The highest BCUT2D eigenvalue weighted by molar-refractivity contribution is 7.80. The zero-order chi connectivity index (χ0) is 9.94. The van der Waals surface area contributed by atoms with Crippen molar-refractivity contribution in [2.45, 2.75) is 30.8 Å². The van der Waals surface area contributed by atoms with Gasteiger partial charge in [-0.3, -0.25) is 4.90 Å². The van der Waals surface area contributed by atoms with Gasteiger partial charge in [-0.2, -0.15) is 25.8 Å². The van der Waals surface area contributed by atoms with Crippen LogP contribution in [-0.2, 0) is 0 Å². The highest BCUT2D eigenvalue weighted by Gasteiger charge is 2.41. The van der Waals surface area contributed by atoms with Crippen LogP contribution in [0.5, 0.6) is 0 Å². The predicted octanol–water partition coefficient (Wildman–Crippen LogP) is 2.19. The van der Waals surface area contributed by atoms with Crippen LogP contribution in [0.4, 0.5) is 13.2 Å². The molecule has 0 spiro atoms. The Hall–Kier alpha value is 0.100. The normalized spacial score (nSPS) is 18.0. The maximum Gasteiger partial charge on any atom is 0.404 e. The summed E-state index contributed by atoms with van der Waals surface area (Å²) in [6.45, 7) is 1.66. The summed E-state index contributed by atoms with van der Waals surface area (Å²) in [5.41, 5.74) is 0. The summed E-state index contributed by atoms with van der Waals surface area (Å²) in [7, 11) is 2.85. The van der Waals surface area contributed by atoms with E-state index in [2.05, 4.69) is 12.6 Å². The van der Waals surface area contributed by atoms with Crippen LogP contribution in [0.15, 0.2) is 0 Å². The van der Waals surface area contributed by atoms with Gasteiger partial charge in [0.25, 0.3) is 0 Å². The second-order valence-corrected chi connectivity index (χ2v) is 3.99. The highest BCUT2D eigenvalue weighted by Crippen LogP contribution is 2.27. The Morgan fingerprint density at radius 3 is 1.83 bits per heavy atom. The number of rotatable bonds is 3. The zero-order valence-electron chi connectivity index (χ0n) is 7.39. The van der Waals surface area contributed by atoms with Crippen molar-refractivity contribution in [2.24, 2.45) is 0 Å². The Labute approximate surface area is 76.3 Å². The number of hydrogen-bond acceptors (Lipinski definition) is 2. The number of thiol groups is 1. The third-order valence-electron chi connectivity index (χ3n) is 1.57. The number of halogens is 3. The third-order valence-corrected chi connectivity index (χ3v) is 1.78. The lowest BCUT2D eigenvalue weighted by atomic mass is 10.1. The van der Waals surface area contributed by atoms with E-state index in [1.165, 1.54) is 19.0 Å². The largest absolute Gasteiger partial charge is 0.404 e. The molecule has 0 aromatic carbocycles. The monoisotopic (exact) mass is 201 g/mol. The minimum Gasteiger partial charge on any atom is -0.298 e. The van der Waals surface area contributed by atoms with Gasteiger partial charge in [-0.05, 0) is 20.5 Å². The fraction of sp³-hybridized carbons (Fsp3) is 1.00. The summed E-state index contributed by atoms with van der Waals surface area (Å²) in [5.74, 6) is 0. The van der Waals surface area contributed by atoms with E-state index in [1.807, 2.05) is 0 Å².